The fourth-order valence-corrected chi connectivity index (χ4v) is 5.61. The van der Waals surface area contributed by atoms with Crippen LogP contribution in [0.15, 0.2) is 73.1 Å². The van der Waals surface area contributed by atoms with E-state index in [1.165, 1.54) is 12.3 Å². The highest BCUT2D eigenvalue weighted by Crippen LogP contribution is 2.43. The highest BCUT2D eigenvalue weighted by atomic mass is 35.5. The molecule has 2 atom stereocenters. The molecule has 8 nitrogen and oxygen atoms in total. The third kappa shape index (κ3) is 7.66. The second kappa shape index (κ2) is 14.3. The Labute approximate surface area is 265 Å². The van der Waals surface area contributed by atoms with Gasteiger partial charge in [-0.1, -0.05) is 48.0 Å². The van der Waals surface area contributed by atoms with Crippen molar-refractivity contribution >= 4 is 23.4 Å². The van der Waals surface area contributed by atoms with Crippen molar-refractivity contribution in [2.75, 3.05) is 0 Å². The number of aromatic nitrogens is 1. The number of halogens is 2. The number of nitriles is 1. The number of hydrogen-bond acceptors (Lipinski definition) is 7. The number of carbonyl (C=O) groups is 2. The quantitative estimate of drug-likeness (QED) is 0.163. The molecule has 0 saturated carbocycles. The van der Waals surface area contributed by atoms with E-state index >= 15 is 0 Å². The Balaban J connectivity index is 1.39. The monoisotopic (exact) mass is 627 g/mol. The topological polar surface area (TPSA) is 122 Å². The van der Waals surface area contributed by atoms with Crippen molar-refractivity contribution in [1.82, 2.24) is 10.3 Å². The Bertz CT molecular complexity index is 1770. The fraction of sp³-hybridized carbons (Fsp3) is 0.257. The van der Waals surface area contributed by atoms with Gasteiger partial charge in [0, 0.05) is 48.1 Å². The van der Waals surface area contributed by atoms with Crippen molar-refractivity contribution < 1.29 is 28.6 Å². The summed E-state index contributed by atoms with van der Waals surface area (Å²) >= 11 is 6.74. The number of carboxylic acids is 1. The maximum absolute atomic E-state index is 14.7. The van der Waals surface area contributed by atoms with Gasteiger partial charge < -0.3 is 19.9 Å². The Morgan fingerprint density at radius 2 is 1.91 bits per heavy atom. The number of rotatable bonds is 13. The summed E-state index contributed by atoms with van der Waals surface area (Å²) in [7, 11) is 0. The second-order valence-electron chi connectivity index (χ2n) is 10.8. The van der Waals surface area contributed by atoms with E-state index in [4.69, 9.17) is 26.2 Å². The number of aliphatic carboxylic acids is 1. The Kier molecular flexibility index (Phi) is 10.1. The minimum absolute atomic E-state index is 0.0793. The highest BCUT2D eigenvalue weighted by molar-refractivity contribution is 6.32. The van der Waals surface area contributed by atoms with Gasteiger partial charge in [-0.3, -0.25) is 14.6 Å². The van der Waals surface area contributed by atoms with Crippen molar-refractivity contribution in [2.45, 2.75) is 57.9 Å². The summed E-state index contributed by atoms with van der Waals surface area (Å²) in [5, 5.41) is 21.6. The van der Waals surface area contributed by atoms with Gasteiger partial charge >= 0.3 is 5.97 Å². The predicted molar refractivity (Wildman–Crippen MR) is 166 cm³/mol. The molecule has 0 saturated heterocycles. The normalized spacial score (nSPS) is 14.3. The zero-order valence-electron chi connectivity index (χ0n) is 24.6. The molecule has 4 aromatic rings. The third-order valence-electron chi connectivity index (χ3n) is 7.75. The van der Waals surface area contributed by atoms with Crippen molar-refractivity contribution in [2.24, 2.45) is 0 Å². The smallest absolute Gasteiger partial charge is 0.303 e. The molecule has 0 aliphatic heterocycles. The van der Waals surface area contributed by atoms with E-state index in [0.717, 1.165) is 16.7 Å². The summed E-state index contributed by atoms with van der Waals surface area (Å²) in [4.78, 5) is 27.4. The molecule has 1 heterocycles. The van der Waals surface area contributed by atoms with Crippen molar-refractivity contribution in [1.29, 1.82) is 5.26 Å². The molecule has 2 N–H and O–H groups in total. The molecular weight excluding hydrogens is 597 g/mol. The number of ketones is 1. The molecule has 0 radical (unpaired) electrons. The van der Waals surface area contributed by atoms with Crippen LogP contribution in [0.1, 0.15) is 60.1 Å². The van der Waals surface area contributed by atoms with Gasteiger partial charge in [0.1, 0.15) is 41.9 Å². The van der Waals surface area contributed by atoms with E-state index in [-0.39, 0.29) is 43.7 Å². The third-order valence-corrected chi connectivity index (χ3v) is 8.04. The van der Waals surface area contributed by atoms with E-state index in [1.807, 2.05) is 24.3 Å². The first-order chi connectivity index (χ1) is 21.7. The first kappa shape index (κ1) is 31.6. The van der Waals surface area contributed by atoms with Crippen LogP contribution in [0.4, 0.5) is 4.39 Å². The first-order valence-electron chi connectivity index (χ1n) is 14.5. The number of Topliss-reactive ketones (excluding diaryl/α,β-unsaturated/α-hetero) is 1. The van der Waals surface area contributed by atoms with Crippen LogP contribution in [0.5, 0.6) is 11.5 Å². The van der Waals surface area contributed by atoms with Gasteiger partial charge in [0.25, 0.3) is 0 Å². The number of nitrogens with zero attached hydrogens (tertiary/aromatic N) is 2. The number of hydrogen-bond donors (Lipinski definition) is 2. The Hall–Kier alpha value is -4.78. The average molecular weight is 628 g/mol. The standard InChI is InChI=1S/C35H31ClFN3O5/c1-21(31(41)10-12-35(42)43)40-19-24-14-29(36)34(15-33(24)44-20-23-13-22(16-38)17-39-18-23)45-32-11-9-26-25(6-4-7-28(26)32)27-5-2-3-8-30(27)37/h2-8,13-15,17-18,21,32,40H,9-12,19-20H2,1H3,(H,42,43)/t21-,32-/m0/s1. The number of fused-ring (bicyclic) bond motifs is 1. The second-order valence-corrected chi connectivity index (χ2v) is 11.2. The van der Waals surface area contributed by atoms with Crippen LogP contribution in [0.25, 0.3) is 11.1 Å². The molecule has 5 rings (SSSR count). The van der Waals surface area contributed by atoms with E-state index < -0.39 is 12.0 Å². The van der Waals surface area contributed by atoms with Gasteiger partial charge in [0.15, 0.2) is 0 Å². The number of benzene rings is 3. The van der Waals surface area contributed by atoms with Crippen LogP contribution in [-0.2, 0) is 29.2 Å². The van der Waals surface area contributed by atoms with Gasteiger partial charge in [0.05, 0.1) is 23.0 Å². The van der Waals surface area contributed by atoms with Crippen LogP contribution >= 0.6 is 11.6 Å². The maximum Gasteiger partial charge on any atom is 0.303 e. The molecule has 1 aromatic heterocycles. The average Bonchev–Trinajstić information content (AvgIpc) is 3.46. The Morgan fingerprint density at radius 3 is 2.69 bits per heavy atom. The maximum atomic E-state index is 14.7. The molecule has 0 fully saturated rings. The molecule has 0 amide bonds. The molecule has 230 valence electrons. The molecule has 45 heavy (non-hydrogen) atoms. The van der Waals surface area contributed by atoms with Crippen molar-refractivity contribution in [3.8, 4) is 28.7 Å². The van der Waals surface area contributed by atoms with Gasteiger partial charge in [-0.25, -0.2) is 4.39 Å². The molecular formula is C35H31ClFN3O5. The van der Waals surface area contributed by atoms with Crippen molar-refractivity contribution in [3.63, 3.8) is 0 Å². The van der Waals surface area contributed by atoms with Gasteiger partial charge in [-0.05, 0) is 54.7 Å². The summed E-state index contributed by atoms with van der Waals surface area (Å²) in [5.41, 5.74) is 5.14. The number of nitrogens with one attached hydrogen (secondary N) is 1. The lowest BCUT2D eigenvalue weighted by Gasteiger charge is -2.20. The molecule has 1 aliphatic rings. The van der Waals surface area contributed by atoms with E-state index in [9.17, 15) is 19.2 Å². The minimum atomic E-state index is -1.03. The van der Waals surface area contributed by atoms with Crippen LogP contribution in [0.2, 0.25) is 5.02 Å². The number of carbonyl (C=O) groups excluding carboxylic acids is 1. The largest absolute Gasteiger partial charge is 0.488 e. The van der Waals surface area contributed by atoms with Crippen LogP contribution in [-0.4, -0.2) is 27.9 Å². The summed E-state index contributed by atoms with van der Waals surface area (Å²) in [6.45, 7) is 2.00. The lowest BCUT2D eigenvalue weighted by Crippen LogP contribution is -2.33. The summed E-state index contributed by atoms with van der Waals surface area (Å²) in [6.07, 6.45) is 3.83. The zero-order valence-corrected chi connectivity index (χ0v) is 25.3. The number of ether oxygens (including phenoxy) is 2. The van der Waals surface area contributed by atoms with Crippen LogP contribution in [0, 0.1) is 17.1 Å². The van der Waals surface area contributed by atoms with Crippen molar-refractivity contribution in [3.05, 3.63) is 112 Å². The molecule has 10 heteroatoms. The highest BCUT2D eigenvalue weighted by Gasteiger charge is 2.28. The van der Waals surface area contributed by atoms with Crippen LogP contribution < -0.4 is 14.8 Å². The molecule has 0 spiro atoms. The first-order valence-corrected chi connectivity index (χ1v) is 14.9. The van der Waals surface area contributed by atoms with Gasteiger partial charge in [-0.15, -0.1) is 0 Å². The zero-order chi connectivity index (χ0) is 31.9. The van der Waals surface area contributed by atoms with Gasteiger partial charge in [-0.2, -0.15) is 5.26 Å². The molecule has 1 aliphatic carbocycles. The lowest BCUT2D eigenvalue weighted by atomic mass is 9.96. The van der Waals surface area contributed by atoms with E-state index in [0.29, 0.717) is 51.6 Å². The number of pyridine rings is 1. The lowest BCUT2D eigenvalue weighted by molar-refractivity contribution is -0.138. The van der Waals surface area contributed by atoms with E-state index in [2.05, 4.69) is 16.4 Å². The molecule has 0 bridgehead atoms. The van der Waals surface area contributed by atoms with E-state index in [1.54, 1.807) is 43.5 Å². The minimum Gasteiger partial charge on any atom is -0.488 e. The predicted octanol–water partition coefficient (Wildman–Crippen LogP) is 6.97. The SMILES string of the molecule is C[C@H](NCc1cc(Cl)c(O[C@H]2CCc3c(-c4ccccc4F)cccc32)cc1OCc1cncc(C#N)c1)C(=O)CCC(=O)O. The Morgan fingerprint density at radius 1 is 1.11 bits per heavy atom. The fourth-order valence-electron chi connectivity index (χ4n) is 5.37. The summed E-state index contributed by atoms with van der Waals surface area (Å²) < 4.78 is 27.3. The van der Waals surface area contributed by atoms with Gasteiger partial charge in [0.2, 0.25) is 0 Å². The molecule has 3 aromatic carbocycles. The summed E-state index contributed by atoms with van der Waals surface area (Å²) in [6, 6.07) is 19.1. The van der Waals surface area contributed by atoms with Crippen LogP contribution in [0.3, 0.4) is 0 Å². The summed E-state index contributed by atoms with van der Waals surface area (Å²) in [5.74, 6) is -0.679. The molecule has 0 unspecified atom stereocenters. The number of carboxylic acid groups (broad SMARTS) is 1.